The molecule has 2 N–H and O–H groups in total. The quantitative estimate of drug-likeness (QED) is 0.598. The molecule has 0 amide bonds. The molecule has 0 spiro atoms. The van der Waals surface area contributed by atoms with Gasteiger partial charge in [-0.2, -0.15) is 5.10 Å². The van der Waals surface area contributed by atoms with Crippen molar-refractivity contribution in [1.29, 1.82) is 0 Å². The number of aliphatic hydroxyl groups is 1. The monoisotopic (exact) mass is 405 g/mol. The minimum atomic E-state index is -2.91. The molecule has 0 radical (unpaired) electrons. The molecule has 0 aliphatic heterocycles. The maximum absolute atomic E-state index is 13.0. The molecule has 3 rings (SSSR count). The predicted molar refractivity (Wildman–Crippen MR) is 107 cm³/mol. The third kappa shape index (κ3) is 5.83. The standard InChI is InChI=1S/C20H25F2N5O2/c1-13-7-14(8-24-18(13)29-12-20(4,21)22)9-27-10-15-16(26-27)5-6-23-17(15)25-11-19(2,3)28/h5-8,10,28H,9,11-12H2,1-4H3,(H,23,25). The molecule has 0 bridgehead atoms. The van der Waals surface area contributed by atoms with Crippen molar-refractivity contribution in [2.24, 2.45) is 0 Å². The Morgan fingerprint density at radius 2 is 2.00 bits per heavy atom. The van der Waals surface area contributed by atoms with Gasteiger partial charge >= 0.3 is 0 Å². The lowest BCUT2D eigenvalue weighted by molar-refractivity contribution is -0.0244. The largest absolute Gasteiger partial charge is 0.471 e. The highest BCUT2D eigenvalue weighted by molar-refractivity contribution is 5.88. The van der Waals surface area contributed by atoms with E-state index in [0.717, 1.165) is 23.4 Å². The highest BCUT2D eigenvalue weighted by atomic mass is 19.3. The number of aryl methyl sites for hydroxylation is 1. The SMILES string of the molecule is Cc1cc(Cn2cc3c(NCC(C)(C)O)nccc3n2)cnc1OCC(C)(F)F. The highest BCUT2D eigenvalue weighted by Gasteiger charge is 2.23. The molecule has 0 aromatic carbocycles. The molecule has 0 saturated carbocycles. The first-order valence-electron chi connectivity index (χ1n) is 9.25. The molecule has 3 aromatic rings. The third-order valence-electron chi connectivity index (χ3n) is 4.06. The Labute approximate surface area is 167 Å². The van der Waals surface area contributed by atoms with Gasteiger partial charge in [-0.15, -0.1) is 0 Å². The van der Waals surface area contributed by atoms with Crippen LogP contribution in [0, 0.1) is 6.92 Å². The first-order chi connectivity index (χ1) is 13.5. The van der Waals surface area contributed by atoms with Gasteiger partial charge in [0.2, 0.25) is 5.88 Å². The summed E-state index contributed by atoms with van der Waals surface area (Å²) >= 11 is 0. The minimum absolute atomic E-state index is 0.197. The summed E-state index contributed by atoms with van der Waals surface area (Å²) in [5, 5.41) is 18.4. The van der Waals surface area contributed by atoms with Crippen molar-refractivity contribution >= 4 is 16.7 Å². The lowest BCUT2D eigenvalue weighted by Gasteiger charge is -2.18. The van der Waals surface area contributed by atoms with Gasteiger partial charge in [-0.3, -0.25) is 4.68 Å². The van der Waals surface area contributed by atoms with E-state index >= 15 is 0 Å². The number of rotatable bonds is 8. The van der Waals surface area contributed by atoms with Crippen molar-refractivity contribution in [1.82, 2.24) is 19.7 Å². The number of anilines is 1. The van der Waals surface area contributed by atoms with Crippen LogP contribution in [0.3, 0.4) is 0 Å². The van der Waals surface area contributed by atoms with Crippen LogP contribution >= 0.6 is 0 Å². The van der Waals surface area contributed by atoms with Crippen LogP contribution in [0.1, 0.15) is 31.9 Å². The number of aromatic nitrogens is 4. The van der Waals surface area contributed by atoms with Gasteiger partial charge in [-0.05, 0) is 38.5 Å². The molecule has 0 fully saturated rings. The number of pyridine rings is 2. The number of hydrogen-bond acceptors (Lipinski definition) is 6. The van der Waals surface area contributed by atoms with Crippen LogP contribution in [0.15, 0.2) is 30.7 Å². The molecular weight excluding hydrogens is 380 g/mol. The molecule has 29 heavy (non-hydrogen) atoms. The molecule has 0 aliphatic carbocycles. The molecule has 3 aromatic heterocycles. The van der Waals surface area contributed by atoms with Gasteiger partial charge in [0, 0.05) is 37.6 Å². The lowest BCUT2D eigenvalue weighted by atomic mass is 10.1. The Bertz CT molecular complexity index is 993. The zero-order chi connectivity index (χ0) is 21.2. The van der Waals surface area contributed by atoms with E-state index in [4.69, 9.17) is 4.74 Å². The summed E-state index contributed by atoms with van der Waals surface area (Å²) in [7, 11) is 0. The zero-order valence-electron chi connectivity index (χ0n) is 16.9. The van der Waals surface area contributed by atoms with Crippen molar-refractivity contribution < 1.29 is 18.6 Å². The minimum Gasteiger partial charge on any atom is -0.471 e. The van der Waals surface area contributed by atoms with E-state index in [9.17, 15) is 13.9 Å². The van der Waals surface area contributed by atoms with Crippen LogP contribution in [0.4, 0.5) is 14.6 Å². The van der Waals surface area contributed by atoms with Crippen molar-refractivity contribution in [2.45, 2.75) is 45.8 Å². The van der Waals surface area contributed by atoms with Gasteiger partial charge in [0.15, 0.2) is 6.61 Å². The summed E-state index contributed by atoms with van der Waals surface area (Å²) in [4.78, 5) is 8.49. The van der Waals surface area contributed by atoms with Crippen molar-refractivity contribution in [3.8, 4) is 5.88 Å². The highest BCUT2D eigenvalue weighted by Crippen LogP contribution is 2.22. The molecule has 0 saturated heterocycles. The summed E-state index contributed by atoms with van der Waals surface area (Å²) in [5.41, 5.74) is 1.45. The van der Waals surface area contributed by atoms with Gasteiger partial charge in [0.05, 0.1) is 23.0 Å². The van der Waals surface area contributed by atoms with Crippen LogP contribution in [-0.4, -0.2) is 49.5 Å². The van der Waals surface area contributed by atoms with Crippen LogP contribution in [0.2, 0.25) is 0 Å². The van der Waals surface area contributed by atoms with Crippen LogP contribution in [0.5, 0.6) is 5.88 Å². The average molecular weight is 405 g/mol. The van der Waals surface area contributed by atoms with E-state index < -0.39 is 18.1 Å². The summed E-state index contributed by atoms with van der Waals surface area (Å²) in [6.45, 7) is 6.10. The molecule has 0 atom stereocenters. The van der Waals surface area contributed by atoms with Gasteiger partial charge in [0.1, 0.15) is 5.82 Å². The van der Waals surface area contributed by atoms with E-state index in [1.54, 1.807) is 37.8 Å². The van der Waals surface area contributed by atoms with Gasteiger partial charge in [0.25, 0.3) is 5.92 Å². The Kier molecular flexibility index (Phi) is 5.70. The molecule has 7 nitrogen and oxygen atoms in total. The summed E-state index contributed by atoms with van der Waals surface area (Å²) < 4.78 is 32.8. The molecule has 156 valence electrons. The fraction of sp³-hybridized carbons (Fsp3) is 0.450. The summed E-state index contributed by atoms with van der Waals surface area (Å²) in [6, 6.07) is 3.65. The summed E-state index contributed by atoms with van der Waals surface area (Å²) in [5.74, 6) is -2.06. The van der Waals surface area contributed by atoms with Gasteiger partial charge in [-0.25, -0.2) is 18.7 Å². The normalized spacial score (nSPS) is 12.4. The second-order valence-corrected chi connectivity index (χ2v) is 7.91. The average Bonchev–Trinajstić information content (AvgIpc) is 3.00. The van der Waals surface area contributed by atoms with E-state index in [1.807, 2.05) is 18.3 Å². The maximum Gasteiger partial charge on any atom is 0.278 e. The fourth-order valence-corrected chi connectivity index (χ4v) is 2.76. The number of halogens is 2. The van der Waals surface area contributed by atoms with Crippen LogP contribution < -0.4 is 10.1 Å². The fourth-order valence-electron chi connectivity index (χ4n) is 2.76. The lowest BCUT2D eigenvalue weighted by Crippen LogP contribution is -2.29. The molecule has 0 unspecified atom stereocenters. The van der Waals surface area contributed by atoms with Gasteiger partial charge < -0.3 is 15.2 Å². The Balaban J connectivity index is 1.75. The van der Waals surface area contributed by atoms with E-state index in [-0.39, 0.29) is 5.88 Å². The Morgan fingerprint density at radius 3 is 2.66 bits per heavy atom. The number of hydrogen-bond donors (Lipinski definition) is 2. The first kappa shape index (κ1) is 20.9. The van der Waals surface area contributed by atoms with E-state index in [0.29, 0.717) is 24.5 Å². The number of fused-ring (bicyclic) bond motifs is 1. The second kappa shape index (κ2) is 7.90. The molecule has 3 heterocycles. The predicted octanol–water partition coefficient (Wildman–Crippen LogP) is 3.40. The van der Waals surface area contributed by atoms with E-state index in [2.05, 4.69) is 20.4 Å². The molecule has 9 heteroatoms. The van der Waals surface area contributed by atoms with Crippen molar-refractivity contribution in [3.05, 3.63) is 41.9 Å². The van der Waals surface area contributed by atoms with E-state index in [1.165, 1.54) is 0 Å². The summed E-state index contributed by atoms with van der Waals surface area (Å²) in [6.07, 6.45) is 5.12. The zero-order valence-corrected chi connectivity index (χ0v) is 16.9. The Morgan fingerprint density at radius 1 is 1.24 bits per heavy atom. The first-order valence-corrected chi connectivity index (χ1v) is 9.25. The molecule has 0 aliphatic rings. The van der Waals surface area contributed by atoms with Crippen molar-refractivity contribution in [2.75, 3.05) is 18.5 Å². The topological polar surface area (TPSA) is 85.1 Å². The number of ether oxygens (including phenoxy) is 1. The third-order valence-corrected chi connectivity index (χ3v) is 4.06. The van der Waals surface area contributed by atoms with Crippen LogP contribution in [0.25, 0.3) is 10.9 Å². The Hall–Kier alpha value is -2.81. The smallest absolute Gasteiger partial charge is 0.278 e. The van der Waals surface area contributed by atoms with Crippen LogP contribution in [-0.2, 0) is 6.54 Å². The van der Waals surface area contributed by atoms with Crippen molar-refractivity contribution in [3.63, 3.8) is 0 Å². The van der Waals surface area contributed by atoms with Gasteiger partial charge in [-0.1, -0.05) is 0 Å². The second-order valence-electron chi connectivity index (χ2n) is 7.91. The maximum atomic E-state index is 13.0. The number of alkyl halides is 2. The molecular formula is C20H25F2N5O2. The number of nitrogens with one attached hydrogen (secondary N) is 1. The number of nitrogens with zero attached hydrogens (tertiary/aromatic N) is 4.